The predicted molar refractivity (Wildman–Crippen MR) is 66.8 cm³/mol. The molecule has 0 bridgehead atoms. The van der Waals surface area contributed by atoms with Crippen LogP contribution in [-0.2, 0) is 16.6 Å². The normalized spacial score (nSPS) is 11.4. The van der Waals surface area contributed by atoms with Gasteiger partial charge in [0.25, 0.3) is 0 Å². The van der Waals surface area contributed by atoms with Crippen LogP contribution >= 0.6 is 0 Å². The molecule has 0 spiro atoms. The van der Waals surface area contributed by atoms with Gasteiger partial charge in [-0.25, -0.2) is 13.1 Å². The van der Waals surface area contributed by atoms with Gasteiger partial charge in [-0.15, -0.1) is 0 Å². The Labute approximate surface area is 102 Å². The molecule has 92 valence electrons. The van der Waals surface area contributed by atoms with Crippen molar-refractivity contribution in [3.05, 3.63) is 35.4 Å². The molecule has 0 heterocycles. The molecule has 0 fully saturated rings. The Kier molecular flexibility index (Phi) is 4.67. The number of benzene rings is 1. The molecule has 1 aromatic carbocycles. The zero-order valence-corrected chi connectivity index (χ0v) is 10.8. The summed E-state index contributed by atoms with van der Waals surface area (Å²) in [5, 5.41) is 8.33. The van der Waals surface area contributed by atoms with Crippen LogP contribution in [0.15, 0.2) is 24.3 Å². The van der Waals surface area contributed by atoms with Crippen LogP contribution in [0, 0.1) is 11.3 Å². The van der Waals surface area contributed by atoms with Crippen molar-refractivity contribution in [1.82, 2.24) is 4.72 Å². The number of hydrogen-bond acceptors (Lipinski definition) is 3. The van der Waals surface area contributed by atoms with E-state index in [1.54, 1.807) is 6.07 Å². The molecule has 0 radical (unpaired) electrons. The summed E-state index contributed by atoms with van der Waals surface area (Å²) in [4.78, 5) is 0. The number of sulfonamides is 1. The zero-order valence-electron chi connectivity index (χ0n) is 9.97. The number of rotatable bonds is 5. The molecule has 1 rings (SSSR count). The molecule has 0 unspecified atom stereocenters. The summed E-state index contributed by atoms with van der Waals surface area (Å²) in [6, 6.07) is 9.37. The molecule has 0 atom stereocenters. The van der Waals surface area contributed by atoms with E-state index in [1.165, 1.54) is 5.56 Å². The van der Waals surface area contributed by atoms with Crippen molar-refractivity contribution in [3.63, 3.8) is 0 Å². The molecule has 0 aliphatic carbocycles. The van der Waals surface area contributed by atoms with Gasteiger partial charge in [0.1, 0.15) is 0 Å². The van der Waals surface area contributed by atoms with Gasteiger partial charge in [-0.2, -0.15) is 5.26 Å². The van der Waals surface area contributed by atoms with Crippen LogP contribution in [0.4, 0.5) is 0 Å². The Morgan fingerprint density at radius 1 is 1.29 bits per heavy atom. The first kappa shape index (κ1) is 13.7. The van der Waals surface area contributed by atoms with Crippen LogP contribution in [0.2, 0.25) is 0 Å². The molecule has 1 aromatic rings. The van der Waals surface area contributed by atoms with Crippen molar-refractivity contribution in [2.75, 3.05) is 5.75 Å². The molecule has 0 amide bonds. The number of hydrogen-bond donors (Lipinski definition) is 1. The van der Waals surface area contributed by atoms with Gasteiger partial charge < -0.3 is 0 Å². The van der Waals surface area contributed by atoms with Gasteiger partial charge >= 0.3 is 0 Å². The van der Waals surface area contributed by atoms with Gasteiger partial charge in [-0.05, 0) is 17.0 Å². The fraction of sp³-hybridized carbons (Fsp3) is 0.417. The van der Waals surface area contributed by atoms with Crippen molar-refractivity contribution in [3.8, 4) is 6.07 Å². The number of nitriles is 1. The Morgan fingerprint density at radius 3 is 2.35 bits per heavy atom. The van der Waals surface area contributed by atoms with E-state index in [1.807, 2.05) is 24.3 Å². The predicted octanol–water partition coefficient (Wildman–Crippen LogP) is 1.75. The van der Waals surface area contributed by atoms with E-state index in [0.717, 1.165) is 5.56 Å². The Bertz CT molecular complexity index is 498. The smallest absolute Gasteiger partial charge is 0.211 e. The molecule has 0 aliphatic heterocycles. The second kappa shape index (κ2) is 5.80. The number of nitrogens with one attached hydrogen (secondary N) is 1. The van der Waals surface area contributed by atoms with E-state index in [4.69, 9.17) is 5.26 Å². The molecule has 4 nitrogen and oxygen atoms in total. The second-order valence-corrected chi connectivity index (χ2v) is 5.94. The van der Waals surface area contributed by atoms with E-state index in [-0.39, 0.29) is 6.54 Å². The summed E-state index contributed by atoms with van der Waals surface area (Å²) in [5.41, 5.74) is 2.10. The fourth-order valence-electron chi connectivity index (χ4n) is 1.35. The van der Waals surface area contributed by atoms with Gasteiger partial charge in [0.15, 0.2) is 5.75 Å². The lowest BCUT2D eigenvalue weighted by Crippen LogP contribution is -2.25. The van der Waals surface area contributed by atoms with Crippen LogP contribution in [0.1, 0.15) is 30.9 Å². The summed E-state index contributed by atoms with van der Waals surface area (Å²) in [5.74, 6) is -0.0452. The molecule has 1 N–H and O–H groups in total. The SMILES string of the molecule is CC(C)c1ccc(CNS(=O)(=O)CC#N)cc1. The maximum Gasteiger partial charge on any atom is 0.225 e. The maximum absolute atomic E-state index is 11.2. The van der Waals surface area contributed by atoms with Gasteiger partial charge in [0.2, 0.25) is 10.0 Å². The highest BCUT2D eigenvalue weighted by Crippen LogP contribution is 2.14. The Balaban J connectivity index is 2.62. The topological polar surface area (TPSA) is 70.0 Å². The minimum Gasteiger partial charge on any atom is -0.211 e. The van der Waals surface area contributed by atoms with E-state index >= 15 is 0 Å². The zero-order chi connectivity index (χ0) is 12.9. The molecule has 0 saturated heterocycles. The van der Waals surface area contributed by atoms with E-state index in [9.17, 15) is 8.42 Å². The molecule has 0 aromatic heterocycles. The van der Waals surface area contributed by atoms with Crippen molar-refractivity contribution in [2.45, 2.75) is 26.3 Å². The maximum atomic E-state index is 11.2. The first-order valence-corrected chi connectivity index (χ1v) is 7.03. The summed E-state index contributed by atoms with van der Waals surface area (Å²) in [7, 11) is -3.47. The third-order valence-electron chi connectivity index (χ3n) is 2.40. The van der Waals surface area contributed by atoms with Crippen molar-refractivity contribution >= 4 is 10.0 Å². The highest BCUT2D eigenvalue weighted by molar-refractivity contribution is 7.89. The van der Waals surface area contributed by atoms with Crippen molar-refractivity contribution in [1.29, 1.82) is 5.26 Å². The quantitative estimate of drug-likeness (QED) is 0.868. The van der Waals surface area contributed by atoms with Crippen molar-refractivity contribution in [2.24, 2.45) is 0 Å². The summed E-state index contributed by atoms with van der Waals surface area (Å²) < 4.78 is 24.9. The van der Waals surface area contributed by atoms with Crippen LogP contribution in [-0.4, -0.2) is 14.2 Å². The average molecular weight is 252 g/mol. The summed E-state index contributed by atoms with van der Waals surface area (Å²) in [6.07, 6.45) is 0. The van der Waals surface area contributed by atoms with Gasteiger partial charge in [-0.1, -0.05) is 38.1 Å². The largest absolute Gasteiger partial charge is 0.225 e. The standard InChI is InChI=1S/C12H16N2O2S/c1-10(2)12-5-3-11(4-6-12)9-14-17(15,16)8-7-13/h3-6,10,14H,8-9H2,1-2H3. The first-order valence-electron chi connectivity index (χ1n) is 5.38. The van der Waals surface area contributed by atoms with Gasteiger partial charge in [-0.3, -0.25) is 0 Å². The highest BCUT2D eigenvalue weighted by atomic mass is 32.2. The van der Waals surface area contributed by atoms with Crippen molar-refractivity contribution < 1.29 is 8.42 Å². The van der Waals surface area contributed by atoms with Crippen LogP contribution in [0.25, 0.3) is 0 Å². The lowest BCUT2D eigenvalue weighted by Gasteiger charge is -2.07. The molecule has 17 heavy (non-hydrogen) atoms. The first-order chi connectivity index (χ1) is 7.94. The lowest BCUT2D eigenvalue weighted by molar-refractivity contribution is 0.585. The van der Waals surface area contributed by atoms with Gasteiger partial charge in [0, 0.05) is 6.54 Å². The molecule has 0 saturated carbocycles. The Hall–Kier alpha value is -1.38. The third kappa shape index (κ3) is 4.55. The fourth-order valence-corrected chi connectivity index (χ4v) is 2.01. The minimum atomic E-state index is -3.47. The molecule has 5 heteroatoms. The van der Waals surface area contributed by atoms with E-state index < -0.39 is 15.8 Å². The summed E-state index contributed by atoms with van der Waals surface area (Å²) in [6.45, 7) is 4.43. The monoisotopic (exact) mass is 252 g/mol. The third-order valence-corrected chi connectivity index (χ3v) is 3.49. The van der Waals surface area contributed by atoms with Crippen LogP contribution in [0.5, 0.6) is 0 Å². The molecule has 0 aliphatic rings. The second-order valence-electron chi connectivity index (χ2n) is 4.13. The summed E-state index contributed by atoms with van der Waals surface area (Å²) >= 11 is 0. The van der Waals surface area contributed by atoms with E-state index in [2.05, 4.69) is 18.6 Å². The molecular weight excluding hydrogens is 236 g/mol. The lowest BCUT2D eigenvalue weighted by atomic mass is 10.0. The number of nitrogens with zero attached hydrogens (tertiary/aromatic N) is 1. The molecular formula is C12H16N2O2S. The van der Waals surface area contributed by atoms with Crippen LogP contribution in [0.3, 0.4) is 0 Å². The average Bonchev–Trinajstić information content (AvgIpc) is 2.27. The van der Waals surface area contributed by atoms with Crippen LogP contribution < -0.4 is 4.72 Å². The highest BCUT2D eigenvalue weighted by Gasteiger charge is 2.08. The van der Waals surface area contributed by atoms with E-state index in [0.29, 0.717) is 5.92 Å². The minimum absolute atomic E-state index is 0.225. The van der Waals surface area contributed by atoms with Gasteiger partial charge in [0.05, 0.1) is 6.07 Å². The Morgan fingerprint density at radius 2 is 1.88 bits per heavy atom.